The number of anilines is 3. The van der Waals surface area contributed by atoms with Gasteiger partial charge in [0.05, 0.1) is 16.4 Å². The van der Waals surface area contributed by atoms with Crippen LogP contribution in [-0.4, -0.2) is 4.57 Å². The van der Waals surface area contributed by atoms with E-state index in [1.54, 1.807) is 0 Å². The van der Waals surface area contributed by atoms with Gasteiger partial charge in [-0.15, -0.1) is 0 Å². The maximum atomic E-state index is 2.48. The van der Waals surface area contributed by atoms with Gasteiger partial charge in [-0.25, -0.2) is 0 Å². The molecule has 2 nitrogen and oxygen atoms in total. The van der Waals surface area contributed by atoms with Crippen LogP contribution in [0.3, 0.4) is 0 Å². The van der Waals surface area contributed by atoms with E-state index in [1.807, 2.05) is 0 Å². The quantitative estimate of drug-likeness (QED) is 0.148. The van der Waals surface area contributed by atoms with Crippen molar-refractivity contribution in [3.8, 4) is 39.1 Å². The molecule has 0 unspecified atom stereocenters. The highest BCUT2D eigenvalue weighted by atomic mass is 15.1. The Morgan fingerprint density at radius 1 is 0.344 bits per heavy atom. The molecule has 0 aliphatic heterocycles. The smallest absolute Gasteiger partial charge is 0.0714 e. The number of aryl methyl sites for hydroxylation is 1. The molecule has 0 radical (unpaired) electrons. The van der Waals surface area contributed by atoms with Crippen LogP contribution in [0.2, 0.25) is 0 Å². The van der Waals surface area contributed by atoms with Gasteiger partial charge in [-0.1, -0.05) is 181 Å². The van der Waals surface area contributed by atoms with Gasteiger partial charge in [-0.3, -0.25) is 0 Å². The Balaban J connectivity index is 1.06. The fourth-order valence-corrected chi connectivity index (χ4v) is 10.4. The van der Waals surface area contributed by atoms with Gasteiger partial charge >= 0.3 is 0 Å². The molecule has 1 aliphatic carbocycles. The first-order valence-electron chi connectivity index (χ1n) is 22.2. The molecule has 0 saturated carbocycles. The van der Waals surface area contributed by atoms with E-state index >= 15 is 0 Å². The number of hydrogen-bond acceptors (Lipinski definition) is 1. The summed E-state index contributed by atoms with van der Waals surface area (Å²) >= 11 is 0. The van der Waals surface area contributed by atoms with Crippen molar-refractivity contribution in [3.05, 3.63) is 277 Å². The average Bonchev–Trinajstić information content (AvgIpc) is 3.85. The number of aromatic nitrogens is 1. The van der Waals surface area contributed by atoms with Gasteiger partial charge in [0.2, 0.25) is 0 Å². The largest absolute Gasteiger partial charge is 0.310 e. The van der Waals surface area contributed by atoms with Gasteiger partial charge in [-0.05, 0) is 135 Å². The van der Waals surface area contributed by atoms with E-state index in [4.69, 9.17) is 0 Å². The third kappa shape index (κ3) is 6.02. The molecule has 1 aromatic heterocycles. The molecule has 0 spiro atoms. The summed E-state index contributed by atoms with van der Waals surface area (Å²) in [7, 11) is 0. The van der Waals surface area contributed by atoms with Crippen LogP contribution in [0.25, 0.3) is 60.9 Å². The monoisotopic (exact) mass is 816 g/mol. The molecule has 0 atom stereocenters. The van der Waals surface area contributed by atoms with Crippen molar-refractivity contribution in [1.29, 1.82) is 0 Å². The van der Waals surface area contributed by atoms with Crippen LogP contribution in [0.1, 0.15) is 27.8 Å². The summed E-state index contributed by atoms with van der Waals surface area (Å²) in [5.74, 6) is 0. The van der Waals surface area contributed by atoms with Gasteiger partial charge < -0.3 is 9.47 Å². The number of rotatable bonds is 8. The summed E-state index contributed by atoms with van der Waals surface area (Å²) in [4.78, 5) is 2.40. The van der Waals surface area contributed by atoms with Crippen molar-refractivity contribution >= 4 is 38.9 Å². The molecule has 0 bridgehead atoms. The molecule has 12 rings (SSSR count). The molecule has 2 heteroatoms. The highest BCUT2D eigenvalue weighted by Gasteiger charge is 2.46. The highest BCUT2D eigenvalue weighted by molar-refractivity contribution is 6.10. The van der Waals surface area contributed by atoms with Crippen molar-refractivity contribution in [2.75, 3.05) is 4.90 Å². The first kappa shape index (κ1) is 37.6. The molecule has 64 heavy (non-hydrogen) atoms. The minimum Gasteiger partial charge on any atom is -0.310 e. The molecule has 1 aliphatic rings. The Morgan fingerprint density at radius 3 is 1.52 bits per heavy atom. The summed E-state index contributed by atoms with van der Waals surface area (Å²) in [6, 6.07) is 91.6. The van der Waals surface area contributed by atoms with Gasteiger partial charge in [-0.2, -0.15) is 0 Å². The maximum Gasteiger partial charge on any atom is 0.0714 e. The lowest BCUT2D eigenvalue weighted by Gasteiger charge is -2.35. The summed E-state index contributed by atoms with van der Waals surface area (Å²) < 4.78 is 2.40. The lowest BCUT2D eigenvalue weighted by atomic mass is 9.67. The van der Waals surface area contributed by atoms with Crippen LogP contribution in [-0.2, 0) is 5.41 Å². The van der Waals surface area contributed by atoms with Gasteiger partial charge in [0, 0.05) is 33.5 Å². The van der Waals surface area contributed by atoms with Crippen molar-refractivity contribution in [3.63, 3.8) is 0 Å². The van der Waals surface area contributed by atoms with E-state index in [2.05, 4.69) is 265 Å². The maximum absolute atomic E-state index is 2.48. The van der Waals surface area contributed by atoms with Gasteiger partial charge in [0.15, 0.2) is 0 Å². The van der Waals surface area contributed by atoms with E-state index in [1.165, 1.54) is 88.7 Å². The van der Waals surface area contributed by atoms with Crippen LogP contribution < -0.4 is 4.90 Å². The second-order valence-corrected chi connectivity index (χ2v) is 17.0. The third-order valence-corrected chi connectivity index (χ3v) is 13.3. The second-order valence-electron chi connectivity index (χ2n) is 17.0. The molecular weight excluding hydrogens is 773 g/mol. The summed E-state index contributed by atoms with van der Waals surface area (Å²) in [6.45, 7) is 2.14. The highest BCUT2D eigenvalue weighted by Crippen LogP contribution is 2.58. The molecule has 0 saturated heterocycles. The Hall–Kier alpha value is -8.20. The SMILES string of the molecule is Cc1ccc(-n2c3ccccc3c3cc(-c4ccc5c(c4)C(c4ccccc4)(c4ccccc4)c4cc(N(c6ccccc6)c6ccc(-c7ccccc7)cc6)ccc4-5)ccc32)cc1. The molecule has 0 amide bonds. The molecule has 11 aromatic rings. The van der Waals surface area contributed by atoms with Crippen LogP contribution >= 0.6 is 0 Å². The molecule has 1 heterocycles. The number of nitrogens with zero attached hydrogens (tertiary/aromatic N) is 2. The predicted molar refractivity (Wildman–Crippen MR) is 268 cm³/mol. The minimum absolute atomic E-state index is 0.593. The van der Waals surface area contributed by atoms with Crippen molar-refractivity contribution in [1.82, 2.24) is 4.57 Å². The first-order valence-corrected chi connectivity index (χ1v) is 22.2. The zero-order valence-electron chi connectivity index (χ0n) is 35.6. The topological polar surface area (TPSA) is 8.17 Å². The van der Waals surface area contributed by atoms with Crippen molar-refractivity contribution in [2.24, 2.45) is 0 Å². The van der Waals surface area contributed by atoms with Crippen LogP contribution in [0.5, 0.6) is 0 Å². The van der Waals surface area contributed by atoms with E-state index in [0.29, 0.717) is 0 Å². The van der Waals surface area contributed by atoms with Gasteiger partial charge in [0.25, 0.3) is 0 Å². The second kappa shape index (κ2) is 15.3. The van der Waals surface area contributed by atoms with Crippen molar-refractivity contribution < 1.29 is 0 Å². The molecular formula is C62H44N2. The third-order valence-electron chi connectivity index (χ3n) is 13.3. The zero-order chi connectivity index (χ0) is 42.6. The molecule has 302 valence electrons. The Bertz CT molecular complexity index is 3420. The Kier molecular flexibility index (Phi) is 8.98. The fourth-order valence-electron chi connectivity index (χ4n) is 10.4. The molecule has 0 fully saturated rings. The van der Waals surface area contributed by atoms with Crippen LogP contribution in [0.15, 0.2) is 249 Å². The number of fused-ring (bicyclic) bond motifs is 6. The van der Waals surface area contributed by atoms with Crippen molar-refractivity contribution in [2.45, 2.75) is 12.3 Å². The average molecular weight is 817 g/mol. The Morgan fingerprint density at radius 2 is 0.828 bits per heavy atom. The summed E-state index contributed by atoms with van der Waals surface area (Å²) in [5, 5.41) is 2.50. The standard InChI is InChI=1S/C62H44N2/c1-43-26-32-52(33-27-43)64-60-25-15-14-24-56(60)57-40-46(31-39-61(57)64)47-30-37-54-55-38-36-53(42-59(55)62(58(54)41-47,48-18-8-3-9-19-48)49-20-10-4-11-21-49)63(50-22-12-5-13-23-50)51-34-28-45(29-35-51)44-16-6-2-7-17-44/h2-42H,1H3. The zero-order valence-corrected chi connectivity index (χ0v) is 35.6. The molecule has 0 N–H and O–H groups in total. The lowest BCUT2D eigenvalue weighted by Crippen LogP contribution is -2.28. The number of para-hydroxylation sites is 2. The normalized spacial score (nSPS) is 12.6. The fraction of sp³-hybridized carbons (Fsp3) is 0.0323. The summed E-state index contributed by atoms with van der Waals surface area (Å²) in [5.41, 5.74) is 19.9. The van der Waals surface area contributed by atoms with Gasteiger partial charge in [0.1, 0.15) is 0 Å². The van der Waals surface area contributed by atoms with Crippen LogP contribution in [0.4, 0.5) is 17.1 Å². The van der Waals surface area contributed by atoms with E-state index in [-0.39, 0.29) is 0 Å². The van der Waals surface area contributed by atoms with E-state index < -0.39 is 5.41 Å². The Labute approximate surface area is 374 Å². The minimum atomic E-state index is -0.593. The number of benzene rings is 10. The summed E-state index contributed by atoms with van der Waals surface area (Å²) in [6.07, 6.45) is 0. The lowest BCUT2D eigenvalue weighted by molar-refractivity contribution is 0.768. The predicted octanol–water partition coefficient (Wildman–Crippen LogP) is 16.3. The number of hydrogen-bond donors (Lipinski definition) is 0. The van der Waals surface area contributed by atoms with E-state index in [0.717, 1.165) is 17.1 Å². The van der Waals surface area contributed by atoms with E-state index in [9.17, 15) is 0 Å². The molecule has 10 aromatic carbocycles. The first-order chi connectivity index (χ1) is 31.6. The van der Waals surface area contributed by atoms with Crippen LogP contribution in [0, 0.1) is 6.92 Å².